The highest BCUT2D eigenvalue weighted by atomic mass is 35.5. The van der Waals surface area contributed by atoms with Gasteiger partial charge in [-0.25, -0.2) is 0 Å². The summed E-state index contributed by atoms with van der Waals surface area (Å²) in [6.07, 6.45) is 1.31. The maximum Gasteiger partial charge on any atom is 0.184 e. The molecule has 1 atom stereocenters. The number of ether oxygens (including phenoxy) is 1. The Morgan fingerprint density at radius 3 is 2.78 bits per heavy atom. The van der Waals surface area contributed by atoms with Crippen LogP contribution in [0.25, 0.3) is 0 Å². The second-order valence-electron chi connectivity index (χ2n) is 4.09. The lowest BCUT2D eigenvalue weighted by molar-refractivity contribution is 0.252. The Balaban J connectivity index is 2.65. The maximum atomic E-state index is 8.85. The van der Waals surface area contributed by atoms with Crippen molar-refractivity contribution in [2.45, 2.75) is 39.3 Å². The molecule has 0 aliphatic carbocycles. The normalized spacial score (nSPS) is 11.9. The predicted octanol–water partition coefficient (Wildman–Crippen LogP) is 3.52. The van der Waals surface area contributed by atoms with Gasteiger partial charge in [-0.15, -0.1) is 0 Å². The van der Waals surface area contributed by atoms with Crippen LogP contribution in [-0.2, 0) is 6.54 Å². The highest BCUT2D eigenvalue weighted by molar-refractivity contribution is 6.32. The fourth-order valence-corrected chi connectivity index (χ4v) is 1.76. The van der Waals surface area contributed by atoms with Crippen LogP contribution >= 0.6 is 11.6 Å². The fraction of sp³-hybridized carbons (Fsp3) is 0.500. The van der Waals surface area contributed by atoms with E-state index in [0.717, 1.165) is 25.1 Å². The van der Waals surface area contributed by atoms with Crippen molar-refractivity contribution in [2.24, 2.45) is 0 Å². The molecule has 0 saturated carbocycles. The van der Waals surface area contributed by atoms with Gasteiger partial charge in [-0.2, -0.15) is 5.26 Å². The maximum absolute atomic E-state index is 8.85. The molecular formula is C14H19ClN2O. The van der Waals surface area contributed by atoms with Crippen LogP contribution in [0.2, 0.25) is 5.02 Å². The van der Waals surface area contributed by atoms with Crippen molar-refractivity contribution in [3.8, 4) is 11.8 Å². The summed E-state index contributed by atoms with van der Waals surface area (Å²) in [7, 11) is 0. The summed E-state index contributed by atoms with van der Waals surface area (Å²) in [6.45, 7) is 5.82. The zero-order valence-corrected chi connectivity index (χ0v) is 11.6. The first-order valence-electron chi connectivity index (χ1n) is 6.26. The molecule has 1 aromatic carbocycles. The van der Waals surface area contributed by atoms with Gasteiger partial charge < -0.3 is 10.1 Å². The number of rotatable bonds is 7. The quantitative estimate of drug-likeness (QED) is 0.768. The van der Waals surface area contributed by atoms with Crippen molar-refractivity contribution in [1.29, 1.82) is 5.26 Å². The topological polar surface area (TPSA) is 45.0 Å². The standard InChI is InChI=1S/C14H19ClN2O/c1-3-7-17-10-11-5-6-14(13(15)8-11)18-12(4-2)9-16/h5-6,8,12,17H,3-4,7,10H2,1-2H3. The molecule has 0 fully saturated rings. The largest absolute Gasteiger partial charge is 0.474 e. The van der Waals surface area contributed by atoms with E-state index in [1.54, 1.807) is 0 Å². The molecule has 0 bridgehead atoms. The molecule has 1 unspecified atom stereocenters. The van der Waals surface area contributed by atoms with Gasteiger partial charge >= 0.3 is 0 Å². The third-order valence-electron chi connectivity index (χ3n) is 2.54. The minimum Gasteiger partial charge on any atom is -0.474 e. The lowest BCUT2D eigenvalue weighted by atomic mass is 10.2. The monoisotopic (exact) mass is 266 g/mol. The van der Waals surface area contributed by atoms with E-state index in [0.29, 0.717) is 17.2 Å². The van der Waals surface area contributed by atoms with Gasteiger partial charge in [0.15, 0.2) is 6.10 Å². The van der Waals surface area contributed by atoms with E-state index >= 15 is 0 Å². The van der Waals surface area contributed by atoms with Crippen LogP contribution < -0.4 is 10.1 Å². The molecule has 1 aromatic rings. The molecule has 0 aliphatic heterocycles. The van der Waals surface area contributed by atoms with Crippen LogP contribution in [0.1, 0.15) is 32.3 Å². The van der Waals surface area contributed by atoms with Crippen molar-refractivity contribution >= 4 is 11.6 Å². The minimum atomic E-state index is -0.438. The second-order valence-corrected chi connectivity index (χ2v) is 4.49. The highest BCUT2D eigenvalue weighted by Crippen LogP contribution is 2.26. The fourth-order valence-electron chi connectivity index (χ4n) is 1.51. The first kappa shape index (κ1) is 14.8. The molecule has 98 valence electrons. The number of benzene rings is 1. The van der Waals surface area contributed by atoms with Crippen LogP contribution in [0.3, 0.4) is 0 Å². The number of nitrogens with one attached hydrogen (secondary N) is 1. The van der Waals surface area contributed by atoms with E-state index < -0.39 is 6.10 Å². The molecule has 0 aliphatic rings. The third-order valence-corrected chi connectivity index (χ3v) is 2.83. The summed E-state index contributed by atoms with van der Waals surface area (Å²) in [5.74, 6) is 0.573. The summed E-state index contributed by atoms with van der Waals surface area (Å²) in [4.78, 5) is 0. The van der Waals surface area contributed by atoms with Crippen molar-refractivity contribution < 1.29 is 4.74 Å². The Bertz CT molecular complexity index is 415. The van der Waals surface area contributed by atoms with Crippen LogP contribution in [0.4, 0.5) is 0 Å². The van der Waals surface area contributed by atoms with Gasteiger partial charge in [0.2, 0.25) is 0 Å². The van der Waals surface area contributed by atoms with Crippen LogP contribution in [0.5, 0.6) is 5.75 Å². The van der Waals surface area contributed by atoms with Crippen molar-refractivity contribution in [3.63, 3.8) is 0 Å². The molecule has 1 rings (SSSR count). The SMILES string of the molecule is CCCNCc1ccc(OC(C#N)CC)c(Cl)c1. The second kappa shape index (κ2) is 7.97. The average molecular weight is 267 g/mol. The number of nitriles is 1. The lowest BCUT2D eigenvalue weighted by Crippen LogP contribution is -2.14. The van der Waals surface area contributed by atoms with Gasteiger partial charge in [0.25, 0.3) is 0 Å². The lowest BCUT2D eigenvalue weighted by Gasteiger charge is -2.12. The smallest absolute Gasteiger partial charge is 0.184 e. The Morgan fingerprint density at radius 1 is 1.44 bits per heavy atom. The van der Waals surface area contributed by atoms with Gasteiger partial charge in [0.1, 0.15) is 11.8 Å². The van der Waals surface area contributed by atoms with E-state index in [1.165, 1.54) is 0 Å². The zero-order valence-electron chi connectivity index (χ0n) is 10.9. The molecule has 0 aromatic heterocycles. The van der Waals surface area contributed by atoms with Crippen LogP contribution in [0.15, 0.2) is 18.2 Å². The van der Waals surface area contributed by atoms with E-state index in [2.05, 4.69) is 18.3 Å². The molecule has 0 saturated heterocycles. The third kappa shape index (κ3) is 4.56. The van der Waals surface area contributed by atoms with Crippen LogP contribution in [0, 0.1) is 11.3 Å². The summed E-state index contributed by atoms with van der Waals surface area (Å²) in [6, 6.07) is 7.76. The molecule has 18 heavy (non-hydrogen) atoms. The highest BCUT2D eigenvalue weighted by Gasteiger charge is 2.09. The number of nitrogens with zero attached hydrogens (tertiary/aromatic N) is 1. The summed E-state index contributed by atoms with van der Waals surface area (Å²) in [5.41, 5.74) is 1.12. The first-order valence-corrected chi connectivity index (χ1v) is 6.64. The van der Waals surface area contributed by atoms with Gasteiger partial charge in [-0.1, -0.05) is 31.5 Å². The Labute approximate surface area is 114 Å². The van der Waals surface area contributed by atoms with Crippen LogP contribution in [-0.4, -0.2) is 12.6 Å². The van der Waals surface area contributed by atoms with Gasteiger partial charge in [0.05, 0.1) is 5.02 Å². The molecular weight excluding hydrogens is 248 g/mol. The Morgan fingerprint density at radius 2 is 2.22 bits per heavy atom. The number of halogens is 1. The first-order chi connectivity index (χ1) is 8.71. The predicted molar refractivity (Wildman–Crippen MR) is 73.8 cm³/mol. The minimum absolute atomic E-state index is 0.438. The molecule has 1 N–H and O–H groups in total. The van der Waals surface area contributed by atoms with Crippen molar-refractivity contribution in [3.05, 3.63) is 28.8 Å². The Hall–Kier alpha value is -1.24. The Kier molecular flexibility index (Phi) is 6.56. The molecule has 4 heteroatoms. The molecule has 0 heterocycles. The van der Waals surface area contributed by atoms with Crippen molar-refractivity contribution in [1.82, 2.24) is 5.32 Å². The van der Waals surface area contributed by atoms with E-state index in [1.807, 2.05) is 25.1 Å². The van der Waals surface area contributed by atoms with E-state index in [4.69, 9.17) is 21.6 Å². The summed E-state index contributed by atoms with van der Waals surface area (Å²) < 4.78 is 5.51. The number of hydrogen-bond donors (Lipinski definition) is 1. The van der Waals surface area contributed by atoms with Gasteiger partial charge in [-0.3, -0.25) is 0 Å². The van der Waals surface area contributed by atoms with E-state index in [9.17, 15) is 0 Å². The summed E-state index contributed by atoms with van der Waals surface area (Å²) >= 11 is 6.14. The summed E-state index contributed by atoms with van der Waals surface area (Å²) in [5, 5.41) is 12.7. The molecule has 0 spiro atoms. The van der Waals surface area contributed by atoms with Gasteiger partial charge in [0, 0.05) is 6.54 Å². The number of hydrogen-bond acceptors (Lipinski definition) is 3. The molecule has 0 radical (unpaired) electrons. The van der Waals surface area contributed by atoms with E-state index in [-0.39, 0.29) is 0 Å². The molecule has 3 nitrogen and oxygen atoms in total. The van der Waals surface area contributed by atoms with Crippen molar-refractivity contribution in [2.75, 3.05) is 6.54 Å². The van der Waals surface area contributed by atoms with Gasteiger partial charge in [-0.05, 0) is 37.1 Å². The molecule has 0 amide bonds. The zero-order chi connectivity index (χ0) is 13.4. The average Bonchev–Trinajstić information content (AvgIpc) is 2.38.